The highest BCUT2D eigenvalue weighted by Gasteiger charge is 2.44. The number of nitro benzene ring substituents is 1. The van der Waals surface area contributed by atoms with Crippen LogP contribution in [0.15, 0.2) is 16.6 Å². The second kappa shape index (κ2) is 5.59. The predicted molar refractivity (Wildman–Crippen MR) is 77.9 cm³/mol. The maximum atomic E-state index is 13.7. The van der Waals surface area contributed by atoms with E-state index in [1.807, 2.05) is 0 Å². The van der Waals surface area contributed by atoms with Crippen molar-refractivity contribution >= 4 is 33.3 Å². The van der Waals surface area contributed by atoms with Crippen molar-refractivity contribution < 1.29 is 19.2 Å². The molecule has 0 radical (unpaired) electrons. The zero-order valence-corrected chi connectivity index (χ0v) is 12.9. The van der Waals surface area contributed by atoms with Crippen LogP contribution in [-0.2, 0) is 4.79 Å². The lowest BCUT2D eigenvalue weighted by atomic mass is 9.84. The monoisotopic (exact) mass is 360 g/mol. The Balaban J connectivity index is 2.42. The Labute approximate surface area is 128 Å². The van der Waals surface area contributed by atoms with Gasteiger partial charge in [0.05, 0.1) is 14.8 Å². The highest BCUT2D eigenvalue weighted by molar-refractivity contribution is 9.10. The fraction of sp³-hybridized carbons (Fsp3) is 0.462. The Kier molecular flexibility index (Phi) is 4.18. The number of nitrogens with zero attached hydrogens (tertiary/aromatic N) is 2. The predicted octanol–water partition coefficient (Wildman–Crippen LogP) is 3.19. The highest BCUT2D eigenvalue weighted by atomic mass is 79.9. The molecule has 0 saturated carbocycles. The van der Waals surface area contributed by atoms with Crippen molar-refractivity contribution in [1.29, 1.82) is 0 Å². The zero-order valence-electron chi connectivity index (χ0n) is 11.3. The maximum absolute atomic E-state index is 13.7. The third-order valence-electron chi connectivity index (χ3n) is 4.04. The van der Waals surface area contributed by atoms with Crippen LogP contribution in [0.5, 0.6) is 0 Å². The van der Waals surface area contributed by atoms with Crippen LogP contribution in [0.2, 0.25) is 0 Å². The molecule has 1 heterocycles. The number of aliphatic carboxylic acids is 1. The van der Waals surface area contributed by atoms with Gasteiger partial charge in [-0.05, 0) is 28.8 Å². The molecule has 1 N–H and O–H groups in total. The minimum atomic E-state index is -0.933. The lowest BCUT2D eigenvalue weighted by molar-refractivity contribution is -0.384. The number of carbonyl (C=O) groups is 1. The summed E-state index contributed by atoms with van der Waals surface area (Å²) in [5.41, 5.74) is -1.05. The quantitative estimate of drug-likeness (QED) is 0.658. The number of benzene rings is 1. The molecule has 1 aromatic rings. The fourth-order valence-electron chi connectivity index (χ4n) is 2.62. The van der Waals surface area contributed by atoms with Crippen molar-refractivity contribution in [3.05, 3.63) is 32.5 Å². The van der Waals surface area contributed by atoms with Gasteiger partial charge in [0.15, 0.2) is 0 Å². The summed E-state index contributed by atoms with van der Waals surface area (Å²) < 4.78 is 13.7. The third-order valence-corrected chi connectivity index (χ3v) is 4.65. The summed E-state index contributed by atoms with van der Waals surface area (Å²) in [7, 11) is 0. The largest absolute Gasteiger partial charge is 0.481 e. The number of carboxylic acids is 1. The first-order valence-electron chi connectivity index (χ1n) is 6.42. The van der Waals surface area contributed by atoms with Gasteiger partial charge in [0.2, 0.25) is 0 Å². The molecule has 1 aromatic carbocycles. The van der Waals surface area contributed by atoms with E-state index in [1.54, 1.807) is 11.8 Å². The number of anilines is 1. The van der Waals surface area contributed by atoms with Crippen molar-refractivity contribution in [2.24, 2.45) is 5.41 Å². The number of carboxylic acid groups (broad SMARTS) is 1. The van der Waals surface area contributed by atoms with Crippen LogP contribution < -0.4 is 4.90 Å². The van der Waals surface area contributed by atoms with E-state index in [0.29, 0.717) is 19.4 Å². The van der Waals surface area contributed by atoms with Crippen molar-refractivity contribution in [1.82, 2.24) is 0 Å². The Bertz CT molecular complexity index is 610. The molecule has 21 heavy (non-hydrogen) atoms. The average Bonchev–Trinajstić information content (AvgIpc) is 2.86. The SMILES string of the molecule is CCC1(C(=O)O)CCN(c2cc(F)c(Br)cc2[N+](=O)[O-])C1. The van der Waals surface area contributed by atoms with Crippen LogP contribution in [0.4, 0.5) is 15.8 Å². The van der Waals surface area contributed by atoms with Gasteiger partial charge in [-0.1, -0.05) is 6.92 Å². The van der Waals surface area contributed by atoms with Gasteiger partial charge in [-0.15, -0.1) is 0 Å². The second-order valence-corrected chi connectivity index (χ2v) is 5.98. The van der Waals surface area contributed by atoms with Crippen LogP contribution in [0, 0.1) is 21.3 Å². The molecule has 114 valence electrons. The van der Waals surface area contributed by atoms with Gasteiger partial charge < -0.3 is 10.0 Å². The van der Waals surface area contributed by atoms with Gasteiger partial charge in [0.25, 0.3) is 5.69 Å². The first kappa shape index (κ1) is 15.7. The Morgan fingerprint density at radius 1 is 1.62 bits per heavy atom. The molecule has 0 spiro atoms. The van der Waals surface area contributed by atoms with Crippen molar-refractivity contribution in [3.8, 4) is 0 Å². The molecule has 6 nitrogen and oxygen atoms in total. The van der Waals surface area contributed by atoms with Gasteiger partial charge in [-0.2, -0.15) is 0 Å². The van der Waals surface area contributed by atoms with E-state index in [0.717, 1.165) is 12.1 Å². The van der Waals surface area contributed by atoms with E-state index < -0.39 is 22.1 Å². The number of rotatable bonds is 4. The summed E-state index contributed by atoms with van der Waals surface area (Å²) in [6.07, 6.45) is 0.805. The molecule has 1 saturated heterocycles. The number of nitro groups is 1. The van der Waals surface area contributed by atoms with Crippen LogP contribution in [-0.4, -0.2) is 29.1 Å². The first-order valence-corrected chi connectivity index (χ1v) is 7.22. The van der Waals surface area contributed by atoms with Gasteiger partial charge in [-0.25, -0.2) is 4.39 Å². The third kappa shape index (κ3) is 2.72. The van der Waals surface area contributed by atoms with Crippen LogP contribution in [0.1, 0.15) is 19.8 Å². The molecule has 1 aliphatic heterocycles. The first-order chi connectivity index (χ1) is 9.80. The van der Waals surface area contributed by atoms with Gasteiger partial charge >= 0.3 is 5.97 Å². The van der Waals surface area contributed by atoms with Crippen molar-refractivity contribution in [2.45, 2.75) is 19.8 Å². The molecule has 0 aliphatic carbocycles. The van der Waals surface area contributed by atoms with Crippen LogP contribution in [0.3, 0.4) is 0 Å². The van der Waals surface area contributed by atoms with Crippen LogP contribution in [0.25, 0.3) is 0 Å². The summed E-state index contributed by atoms with van der Waals surface area (Å²) in [6.45, 7) is 2.26. The molecule has 1 unspecified atom stereocenters. The number of hydrogen-bond donors (Lipinski definition) is 1. The molecule has 8 heteroatoms. The maximum Gasteiger partial charge on any atom is 0.311 e. The average molecular weight is 361 g/mol. The van der Waals surface area contributed by atoms with E-state index in [4.69, 9.17) is 0 Å². The molecule has 0 bridgehead atoms. The molecular formula is C13H14BrFN2O4. The van der Waals surface area contributed by atoms with E-state index in [2.05, 4.69) is 15.9 Å². The van der Waals surface area contributed by atoms with E-state index in [9.17, 15) is 24.4 Å². The summed E-state index contributed by atoms with van der Waals surface area (Å²) >= 11 is 2.92. The Hall–Kier alpha value is -1.70. The number of hydrogen-bond acceptors (Lipinski definition) is 4. The standard InChI is InChI=1S/C13H14BrFN2O4/c1-2-13(12(18)19)3-4-16(7-13)10-6-9(15)8(14)5-11(10)17(20)21/h5-6H,2-4,7H2,1H3,(H,18,19). The second-order valence-electron chi connectivity index (χ2n) is 5.12. The van der Waals surface area contributed by atoms with E-state index >= 15 is 0 Å². The summed E-state index contributed by atoms with van der Waals surface area (Å²) in [4.78, 5) is 23.5. The highest BCUT2D eigenvalue weighted by Crippen LogP contribution is 2.41. The van der Waals surface area contributed by atoms with Gasteiger partial charge in [-0.3, -0.25) is 14.9 Å². The summed E-state index contributed by atoms with van der Waals surface area (Å²) in [5.74, 6) is -1.53. The normalized spacial score (nSPS) is 21.6. The van der Waals surface area contributed by atoms with Crippen molar-refractivity contribution in [2.75, 3.05) is 18.0 Å². The summed E-state index contributed by atoms with van der Waals surface area (Å²) in [6, 6.07) is 2.19. The lowest BCUT2D eigenvalue weighted by Crippen LogP contribution is -2.34. The molecule has 0 aromatic heterocycles. The smallest absolute Gasteiger partial charge is 0.311 e. The number of halogens is 2. The Morgan fingerprint density at radius 2 is 2.29 bits per heavy atom. The van der Waals surface area contributed by atoms with Gasteiger partial charge in [0.1, 0.15) is 11.5 Å². The van der Waals surface area contributed by atoms with Crippen molar-refractivity contribution in [3.63, 3.8) is 0 Å². The minimum absolute atomic E-state index is 0.0112. The molecule has 1 atom stereocenters. The zero-order chi connectivity index (χ0) is 15.8. The molecular weight excluding hydrogens is 347 g/mol. The minimum Gasteiger partial charge on any atom is -0.481 e. The van der Waals surface area contributed by atoms with Gasteiger partial charge in [0, 0.05) is 25.2 Å². The lowest BCUT2D eigenvalue weighted by Gasteiger charge is -2.24. The Morgan fingerprint density at radius 3 is 2.76 bits per heavy atom. The van der Waals surface area contributed by atoms with E-state index in [1.165, 1.54) is 0 Å². The molecule has 1 aliphatic rings. The topological polar surface area (TPSA) is 83.7 Å². The molecule has 1 fully saturated rings. The van der Waals surface area contributed by atoms with E-state index in [-0.39, 0.29) is 22.4 Å². The van der Waals surface area contributed by atoms with Crippen LogP contribution >= 0.6 is 15.9 Å². The summed E-state index contributed by atoms with van der Waals surface area (Å²) in [5, 5.41) is 20.5. The molecule has 0 amide bonds. The molecule has 2 rings (SSSR count). The fourth-order valence-corrected chi connectivity index (χ4v) is 2.95.